The lowest BCUT2D eigenvalue weighted by Gasteiger charge is -2.05. The molecule has 0 fully saturated rings. The molecule has 0 amide bonds. The number of carbonyl (C=O) groups excluding carboxylic acids is 1. The number of nitro benzene ring substituents is 1. The third kappa shape index (κ3) is 3.43. The minimum atomic E-state index is -0.542. The zero-order valence-electron chi connectivity index (χ0n) is 10.5. The van der Waals surface area contributed by atoms with Crippen LogP contribution in [-0.4, -0.2) is 17.3 Å². The molecule has 0 aliphatic rings. The summed E-state index contributed by atoms with van der Waals surface area (Å²) in [6.07, 6.45) is 0. The highest BCUT2D eigenvalue weighted by molar-refractivity contribution is 9.10. The van der Waals surface area contributed by atoms with Gasteiger partial charge in [-0.25, -0.2) is 0 Å². The van der Waals surface area contributed by atoms with Gasteiger partial charge in [0.1, 0.15) is 0 Å². The molecule has 1 aromatic heterocycles. The number of aryl methyl sites for hydroxylation is 1. The highest BCUT2D eigenvalue weighted by Crippen LogP contribution is 2.30. The fourth-order valence-corrected chi connectivity index (χ4v) is 2.69. The second-order valence-electron chi connectivity index (χ2n) is 3.99. The minimum Gasteiger partial charge on any atom is -0.478 e. The van der Waals surface area contributed by atoms with Crippen LogP contribution in [0.3, 0.4) is 0 Å². The van der Waals surface area contributed by atoms with Crippen molar-refractivity contribution in [3.63, 3.8) is 0 Å². The van der Waals surface area contributed by atoms with Gasteiger partial charge in [0, 0.05) is 15.4 Å². The first kappa shape index (κ1) is 14.7. The number of hydrogen-bond donors (Lipinski definition) is 0. The molecule has 0 saturated carbocycles. The van der Waals surface area contributed by atoms with Crippen LogP contribution in [0.5, 0.6) is 5.75 Å². The average molecular weight is 356 g/mol. The van der Waals surface area contributed by atoms with Crippen molar-refractivity contribution in [3.05, 3.63) is 54.7 Å². The Bertz CT molecular complexity index is 668. The van der Waals surface area contributed by atoms with Crippen molar-refractivity contribution in [1.82, 2.24) is 0 Å². The highest BCUT2D eigenvalue weighted by atomic mass is 79.9. The average Bonchev–Trinajstić information content (AvgIpc) is 2.83. The van der Waals surface area contributed by atoms with Crippen molar-refractivity contribution < 1.29 is 14.5 Å². The molecule has 0 radical (unpaired) electrons. The SMILES string of the molecule is Cc1ccc(C(=O)COc2ccc(Br)cc2[N+](=O)[O-])s1. The highest BCUT2D eigenvalue weighted by Gasteiger charge is 2.17. The van der Waals surface area contributed by atoms with Crippen LogP contribution in [0.4, 0.5) is 5.69 Å². The van der Waals surface area contributed by atoms with Crippen molar-refractivity contribution >= 4 is 38.7 Å². The summed E-state index contributed by atoms with van der Waals surface area (Å²) in [7, 11) is 0. The third-order valence-electron chi connectivity index (χ3n) is 2.49. The van der Waals surface area contributed by atoms with Gasteiger partial charge >= 0.3 is 5.69 Å². The van der Waals surface area contributed by atoms with Gasteiger partial charge < -0.3 is 4.74 Å². The molecule has 0 bridgehead atoms. The number of nitro groups is 1. The predicted molar refractivity (Wildman–Crippen MR) is 79.7 cm³/mol. The number of ketones is 1. The molecular weight excluding hydrogens is 346 g/mol. The standard InChI is InChI=1S/C13H10BrNO4S/c1-8-2-5-13(20-8)11(16)7-19-12-4-3-9(14)6-10(12)15(17)18/h2-6H,7H2,1H3. The summed E-state index contributed by atoms with van der Waals surface area (Å²) in [4.78, 5) is 23.9. The Hall–Kier alpha value is -1.73. The van der Waals surface area contributed by atoms with Crippen molar-refractivity contribution in [1.29, 1.82) is 0 Å². The van der Waals surface area contributed by atoms with Gasteiger partial charge in [-0.1, -0.05) is 15.9 Å². The molecule has 0 spiro atoms. The van der Waals surface area contributed by atoms with E-state index in [0.29, 0.717) is 9.35 Å². The van der Waals surface area contributed by atoms with Crippen LogP contribution in [0.25, 0.3) is 0 Å². The van der Waals surface area contributed by atoms with E-state index in [9.17, 15) is 14.9 Å². The van der Waals surface area contributed by atoms with Gasteiger partial charge in [0.25, 0.3) is 0 Å². The fraction of sp³-hybridized carbons (Fsp3) is 0.154. The van der Waals surface area contributed by atoms with Gasteiger partial charge in [-0.15, -0.1) is 11.3 Å². The van der Waals surface area contributed by atoms with Gasteiger partial charge in [0.05, 0.1) is 9.80 Å². The lowest BCUT2D eigenvalue weighted by Crippen LogP contribution is -2.11. The molecule has 0 saturated heterocycles. The molecule has 2 aromatic rings. The van der Waals surface area contributed by atoms with Crippen LogP contribution in [0.2, 0.25) is 0 Å². The molecule has 0 unspecified atom stereocenters. The Morgan fingerprint density at radius 2 is 2.15 bits per heavy atom. The molecule has 0 N–H and O–H groups in total. The zero-order chi connectivity index (χ0) is 14.7. The largest absolute Gasteiger partial charge is 0.478 e. The molecule has 5 nitrogen and oxygen atoms in total. The van der Waals surface area contributed by atoms with E-state index in [1.165, 1.54) is 23.5 Å². The number of hydrogen-bond acceptors (Lipinski definition) is 5. The van der Waals surface area contributed by atoms with Crippen molar-refractivity contribution in [2.24, 2.45) is 0 Å². The maximum absolute atomic E-state index is 11.9. The first-order chi connectivity index (χ1) is 9.47. The topological polar surface area (TPSA) is 69.4 Å². The Labute approximate surface area is 127 Å². The molecule has 2 rings (SSSR count). The summed E-state index contributed by atoms with van der Waals surface area (Å²) in [5, 5.41) is 10.9. The van der Waals surface area contributed by atoms with Gasteiger partial charge in [-0.05, 0) is 31.2 Å². The smallest absolute Gasteiger partial charge is 0.312 e. The van der Waals surface area contributed by atoms with Crippen LogP contribution in [0, 0.1) is 17.0 Å². The monoisotopic (exact) mass is 355 g/mol. The summed E-state index contributed by atoms with van der Waals surface area (Å²) in [6.45, 7) is 1.68. The zero-order valence-corrected chi connectivity index (χ0v) is 12.9. The number of ether oxygens (including phenoxy) is 1. The maximum atomic E-state index is 11.9. The van der Waals surface area contributed by atoms with E-state index in [1.54, 1.807) is 12.1 Å². The fourth-order valence-electron chi connectivity index (χ4n) is 1.55. The Kier molecular flexibility index (Phi) is 4.51. The molecule has 104 valence electrons. The summed E-state index contributed by atoms with van der Waals surface area (Å²) >= 11 is 4.53. The van der Waals surface area contributed by atoms with Crippen LogP contribution in [0.1, 0.15) is 14.5 Å². The molecule has 20 heavy (non-hydrogen) atoms. The number of nitrogens with zero attached hydrogens (tertiary/aromatic N) is 1. The van der Waals surface area contributed by atoms with E-state index in [2.05, 4.69) is 15.9 Å². The van der Waals surface area contributed by atoms with E-state index >= 15 is 0 Å². The van der Waals surface area contributed by atoms with Crippen LogP contribution in [-0.2, 0) is 0 Å². The van der Waals surface area contributed by atoms with Gasteiger partial charge in [0.15, 0.2) is 12.4 Å². The van der Waals surface area contributed by atoms with Gasteiger partial charge in [-0.2, -0.15) is 0 Å². The van der Waals surface area contributed by atoms with Gasteiger partial charge in [-0.3, -0.25) is 14.9 Å². The first-order valence-corrected chi connectivity index (χ1v) is 7.24. The number of Topliss-reactive ketones (excluding diaryl/α,β-unsaturated/α-hetero) is 1. The first-order valence-electron chi connectivity index (χ1n) is 5.64. The van der Waals surface area contributed by atoms with Crippen molar-refractivity contribution in [3.8, 4) is 5.75 Å². The summed E-state index contributed by atoms with van der Waals surface area (Å²) in [5.41, 5.74) is -0.172. The Morgan fingerprint density at radius 1 is 1.40 bits per heavy atom. The Balaban J connectivity index is 2.11. The van der Waals surface area contributed by atoms with Crippen molar-refractivity contribution in [2.75, 3.05) is 6.61 Å². The minimum absolute atomic E-state index is 0.0832. The lowest BCUT2D eigenvalue weighted by molar-refractivity contribution is -0.385. The third-order valence-corrected chi connectivity index (χ3v) is 4.03. The molecule has 0 aliphatic carbocycles. The number of carbonyl (C=O) groups is 1. The predicted octanol–water partition coefficient (Wildman–Crippen LogP) is 3.99. The van der Waals surface area contributed by atoms with E-state index in [-0.39, 0.29) is 23.8 Å². The molecule has 0 atom stereocenters. The summed E-state index contributed by atoms with van der Waals surface area (Å²) in [5.74, 6) is -0.111. The quantitative estimate of drug-likeness (QED) is 0.461. The molecule has 1 heterocycles. The molecular formula is C13H10BrNO4S. The maximum Gasteiger partial charge on any atom is 0.312 e. The number of benzene rings is 1. The number of thiophene rings is 1. The Morgan fingerprint density at radius 3 is 2.75 bits per heavy atom. The van der Waals surface area contributed by atoms with Crippen LogP contribution >= 0.6 is 27.3 Å². The normalized spacial score (nSPS) is 10.3. The van der Waals surface area contributed by atoms with Crippen LogP contribution in [0.15, 0.2) is 34.8 Å². The summed E-state index contributed by atoms with van der Waals surface area (Å²) in [6, 6.07) is 8.01. The van der Waals surface area contributed by atoms with E-state index in [0.717, 1.165) is 4.88 Å². The molecule has 7 heteroatoms. The second kappa shape index (κ2) is 6.15. The van der Waals surface area contributed by atoms with Crippen molar-refractivity contribution in [2.45, 2.75) is 6.92 Å². The number of rotatable bonds is 5. The van der Waals surface area contributed by atoms with E-state index in [1.807, 2.05) is 13.0 Å². The van der Waals surface area contributed by atoms with Gasteiger partial charge in [0.2, 0.25) is 5.78 Å². The second-order valence-corrected chi connectivity index (χ2v) is 6.19. The lowest BCUT2D eigenvalue weighted by atomic mass is 10.3. The molecule has 0 aliphatic heterocycles. The molecule has 1 aromatic carbocycles. The van der Waals surface area contributed by atoms with Crippen LogP contribution < -0.4 is 4.74 Å². The number of halogens is 1. The summed E-state index contributed by atoms with van der Waals surface area (Å²) < 4.78 is 5.85. The van der Waals surface area contributed by atoms with E-state index in [4.69, 9.17) is 4.74 Å². The van der Waals surface area contributed by atoms with E-state index < -0.39 is 4.92 Å².